The van der Waals surface area contributed by atoms with E-state index in [1.165, 1.54) is 23.2 Å². The largest absolute Gasteiger partial charge is 0.508 e. The predicted molar refractivity (Wildman–Crippen MR) is 177 cm³/mol. The number of hydrogen-bond donors (Lipinski definition) is 3. The Kier molecular flexibility index (Phi) is 7.94. The predicted octanol–water partition coefficient (Wildman–Crippen LogP) is 6.82. The summed E-state index contributed by atoms with van der Waals surface area (Å²) in [5.41, 5.74) is 3.44. The van der Waals surface area contributed by atoms with Crippen molar-refractivity contribution in [2.45, 2.75) is 70.4 Å². The van der Waals surface area contributed by atoms with Crippen LogP contribution in [0.25, 0.3) is 11.3 Å². The van der Waals surface area contributed by atoms with E-state index >= 15 is 0 Å². The minimum absolute atomic E-state index is 0.198. The topological polar surface area (TPSA) is 122 Å². The van der Waals surface area contributed by atoms with Crippen LogP contribution in [-0.2, 0) is 5.41 Å². The van der Waals surface area contributed by atoms with Gasteiger partial charge in [0.1, 0.15) is 29.2 Å². The van der Waals surface area contributed by atoms with E-state index < -0.39 is 11.8 Å². The Balaban J connectivity index is 1.09. The number of pyridine rings is 1. The summed E-state index contributed by atoms with van der Waals surface area (Å²) in [5, 5.41) is 29.5. The Morgan fingerprint density at radius 2 is 1.77 bits per heavy atom. The van der Waals surface area contributed by atoms with Gasteiger partial charge in [-0.05, 0) is 61.4 Å². The SMILES string of the molecule is CC(C)(C)c1cc(NC(=O)N[C@H]2CC[C@@H](Oc3ccc4nnc(N5CCCCC5)n4c3)c3ccccc32)n(-c2cc(O)cc(F)c2)n1. The second-order valence-corrected chi connectivity index (χ2v) is 13.3. The van der Waals surface area contributed by atoms with Gasteiger partial charge in [0.05, 0.1) is 23.6 Å². The van der Waals surface area contributed by atoms with Crippen molar-refractivity contribution in [2.75, 3.05) is 23.3 Å². The van der Waals surface area contributed by atoms with Crippen molar-refractivity contribution in [2.24, 2.45) is 0 Å². The standard InChI is InChI=1S/C35H39FN8O3/c1-35(2,3)30-20-32(44(41-30)23-17-22(36)18-24(45)19-23)38-33(46)37-28-12-13-29(27-10-6-5-9-26(27)28)47-25-11-14-31-39-40-34(43(31)21-25)42-15-7-4-8-16-42/h5-6,9-11,14,17-21,28-29,45H,4,7-8,12-13,15-16H2,1-3H3,(H2,37,38,46)/t28-,29+/m0/s1. The molecule has 1 saturated heterocycles. The third-order valence-corrected chi connectivity index (χ3v) is 8.85. The Morgan fingerprint density at radius 1 is 0.979 bits per heavy atom. The second-order valence-electron chi connectivity index (χ2n) is 13.3. The van der Waals surface area contributed by atoms with E-state index in [1.807, 2.05) is 67.8 Å². The molecule has 7 rings (SSSR count). The maximum absolute atomic E-state index is 14.2. The number of urea groups is 1. The molecule has 2 atom stereocenters. The maximum Gasteiger partial charge on any atom is 0.320 e. The average Bonchev–Trinajstić information content (AvgIpc) is 3.67. The van der Waals surface area contributed by atoms with E-state index in [1.54, 1.807) is 6.07 Å². The highest BCUT2D eigenvalue weighted by atomic mass is 19.1. The van der Waals surface area contributed by atoms with Gasteiger partial charge in [0, 0.05) is 36.7 Å². The lowest BCUT2D eigenvalue weighted by Crippen LogP contribution is -2.36. The number of phenolic OH excluding ortho intramolecular Hbond substituents is 1. The second kappa shape index (κ2) is 12.2. The molecule has 3 N–H and O–H groups in total. The number of halogens is 1. The van der Waals surface area contributed by atoms with Crippen molar-refractivity contribution >= 4 is 23.4 Å². The number of rotatable bonds is 6. The highest BCUT2D eigenvalue weighted by Gasteiger charge is 2.30. The number of aromatic hydroxyl groups is 1. The highest BCUT2D eigenvalue weighted by molar-refractivity contribution is 5.89. The number of ether oxygens (including phenoxy) is 1. The number of nitrogens with zero attached hydrogens (tertiary/aromatic N) is 6. The molecule has 47 heavy (non-hydrogen) atoms. The van der Waals surface area contributed by atoms with Crippen LogP contribution in [0.15, 0.2) is 66.9 Å². The molecule has 0 saturated carbocycles. The molecule has 12 heteroatoms. The molecule has 0 unspecified atom stereocenters. The van der Waals surface area contributed by atoms with Crippen LogP contribution in [0, 0.1) is 5.82 Å². The summed E-state index contributed by atoms with van der Waals surface area (Å²) in [6, 6.07) is 16.6. The number of fused-ring (bicyclic) bond motifs is 2. The van der Waals surface area contributed by atoms with Crippen LogP contribution in [0.2, 0.25) is 0 Å². The summed E-state index contributed by atoms with van der Waals surface area (Å²) in [6.07, 6.45) is 6.66. The summed E-state index contributed by atoms with van der Waals surface area (Å²) in [4.78, 5) is 15.7. The first-order valence-corrected chi connectivity index (χ1v) is 16.2. The summed E-state index contributed by atoms with van der Waals surface area (Å²) in [6.45, 7) is 7.95. The molecule has 244 valence electrons. The number of hydrogen-bond acceptors (Lipinski definition) is 7. The molecular weight excluding hydrogens is 599 g/mol. The Hall–Kier alpha value is -5.13. The number of aromatic nitrogens is 5. The van der Waals surface area contributed by atoms with Crippen molar-refractivity contribution in [3.05, 3.63) is 89.5 Å². The van der Waals surface area contributed by atoms with Crippen molar-refractivity contribution in [1.29, 1.82) is 0 Å². The van der Waals surface area contributed by atoms with E-state index in [9.17, 15) is 14.3 Å². The molecule has 5 aromatic rings. The highest BCUT2D eigenvalue weighted by Crippen LogP contribution is 2.39. The maximum atomic E-state index is 14.2. The average molecular weight is 639 g/mol. The zero-order valence-corrected chi connectivity index (χ0v) is 26.8. The number of phenols is 1. The molecule has 0 radical (unpaired) electrons. The van der Waals surface area contributed by atoms with Crippen molar-refractivity contribution < 1.29 is 19.0 Å². The third-order valence-electron chi connectivity index (χ3n) is 8.85. The molecule has 1 fully saturated rings. The molecule has 0 spiro atoms. The fourth-order valence-corrected chi connectivity index (χ4v) is 6.45. The molecule has 0 bridgehead atoms. The normalized spacial score (nSPS) is 18.2. The van der Waals surface area contributed by atoms with Gasteiger partial charge in [0.25, 0.3) is 0 Å². The van der Waals surface area contributed by atoms with Gasteiger partial charge in [-0.1, -0.05) is 45.0 Å². The van der Waals surface area contributed by atoms with Crippen LogP contribution in [0.4, 0.5) is 21.0 Å². The van der Waals surface area contributed by atoms with Gasteiger partial charge in [-0.25, -0.2) is 13.9 Å². The quantitative estimate of drug-likeness (QED) is 0.187. The number of nitrogens with one attached hydrogen (secondary N) is 2. The molecule has 2 aromatic carbocycles. The summed E-state index contributed by atoms with van der Waals surface area (Å²) >= 11 is 0. The van der Waals surface area contributed by atoms with Gasteiger partial charge in [-0.15, -0.1) is 10.2 Å². The Morgan fingerprint density at radius 3 is 2.53 bits per heavy atom. The van der Waals surface area contributed by atoms with E-state index in [0.717, 1.165) is 60.5 Å². The Labute approximate surface area is 272 Å². The molecule has 4 heterocycles. The summed E-state index contributed by atoms with van der Waals surface area (Å²) < 4.78 is 24.2. The molecule has 2 amide bonds. The summed E-state index contributed by atoms with van der Waals surface area (Å²) in [7, 11) is 0. The number of piperidine rings is 1. The lowest BCUT2D eigenvalue weighted by molar-refractivity contribution is 0.171. The molecule has 11 nitrogen and oxygen atoms in total. The van der Waals surface area contributed by atoms with Crippen LogP contribution in [-0.4, -0.2) is 48.6 Å². The molecule has 2 aliphatic rings. The van der Waals surface area contributed by atoms with E-state index in [4.69, 9.17) is 4.74 Å². The van der Waals surface area contributed by atoms with Crippen LogP contribution < -0.4 is 20.3 Å². The van der Waals surface area contributed by atoms with Crippen LogP contribution in [0.1, 0.15) is 81.8 Å². The van der Waals surface area contributed by atoms with Crippen molar-refractivity contribution in [3.8, 4) is 17.2 Å². The van der Waals surface area contributed by atoms with Gasteiger partial charge >= 0.3 is 6.03 Å². The zero-order chi connectivity index (χ0) is 32.7. The smallest absolute Gasteiger partial charge is 0.320 e. The van der Waals surface area contributed by atoms with E-state index in [2.05, 4.69) is 30.8 Å². The number of carbonyl (C=O) groups is 1. The minimum atomic E-state index is -0.608. The van der Waals surface area contributed by atoms with Gasteiger partial charge < -0.3 is 20.1 Å². The number of amides is 2. The molecular formula is C35H39FN8O3. The van der Waals surface area contributed by atoms with Gasteiger partial charge in [0.15, 0.2) is 5.65 Å². The number of benzene rings is 2. The molecule has 1 aliphatic carbocycles. The fraction of sp³-hybridized carbons (Fsp3) is 0.371. The van der Waals surface area contributed by atoms with E-state index in [0.29, 0.717) is 30.0 Å². The fourth-order valence-electron chi connectivity index (χ4n) is 6.45. The first-order valence-electron chi connectivity index (χ1n) is 16.2. The first kappa shape index (κ1) is 30.5. The minimum Gasteiger partial charge on any atom is -0.508 e. The van der Waals surface area contributed by atoms with E-state index in [-0.39, 0.29) is 23.3 Å². The summed E-state index contributed by atoms with van der Waals surface area (Å²) in [5.74, 6) is 1.09. The third kappa shape index (κ3) is 6.32. The molecule has 1 aliphatic heterocycles. The number of anilines is 2. The van der Waals surface area contributed by atoms with Crippen LogP contribution in [0.5, 0.6) is 11.5 Å². The van der Waals surface area contributed by atoms with Crippen molar-refractivity contribution in [1.82, 2.24) is 29.7 Å². The van der Waals surface area contributed by atoms with Crippen LogP contribution >= 0.6 is 0 Å². The monoisotopic (exact) mass is 638 g/mol. The van der Waals surface area contributed by atoms with Crippen LogP contribution in [0.3, 0.4) is 0 Å². The lowest BCUT2D eigenvalue weighted by atomic mass is 9.85. The Bertz CT molecular complexity index is 1900. The van der Waals surface area contributed by atoms with Gasteiger partial charge in [-0.2, -0.15) is 5.10 Å². The van der Waals surface area contributed by atoms with Gasteiger partial charge in [-0.3, -0.25) is 9.72 Å². The first-order chi connectivity index (χ1) is 22.6. The lowest BCUT2D eigenvalue weighted by Gasteiger charge is -2.32. The van der Waals surface area contributed by atoms with Gasteiger partial charge in [0.2, 0.25) is 5.95 Å². The zero-order valence-electron chi connectivity index (χ0n) is 26.8. The van der Waals surface area contributed by atoms with Crippen molar-refractivity contribution in [3.63, 3.8) is 0 Å². The molecule has 3 aromatic heterocycles. The number of carbonyl (C=O) groups excluding carboxylic acids is 1.